The second-order valence-electron chi connectivity index (χ2n) is 3.72. The van der Waals surface area contributed by atoms with Gasteiger partial charge in [-0.2, -0.15) is 0 Å². The molecule has 3 nitrogen and oxygen atoms in total. The van der Waals surface area contributed by atoms with E-state index in [0.717, 1.165) is 18.4 Å². The first-order valence-corrected chi connectivity index (χ1v) is 6.21. The number of hydrogen-bond donors (Lipinski definition) is 1. The number of anilines is 1. The van der Waals surface area contributed by atoms with E-state index in [1.807, 2.05) is 25.1 Å². The average molecular weight is 211 g/mol. The summed E-state index contributed by atoms with van der Waals surface area (Å²) in [5.41, 5.74) is 1.72. The Morgan fingerprint density at radius 1 is 1.36 bits per heavy atom. The highest BCUT2D eigenvalue weighted by Gasteiger charge is 2.35. The summed E-state index contributed by atoms with van der Waals surface area (Å²) in [5.74, 6) is 0. The maximum Gasteiger partial charge on any atom is 0.235 e. The molecule has 1 aliphatic rings. The molecule has 0 aliphatic heterocycles. The monoisotopic (exact) mass is 211 g/mol. The van der Waals surface area contributed by atoms with Gasteiger partial charge in [0.05, 0.1) is 5.25 Å². The van der Waals surface area contributed by atoms with Crippen LogP contribution in [0.4, 0.5) is 5.69 Å². The van der Waals surface area contributed by atoms with Gasteiger partial charge < -0.3 is 0 Å². The molecular formula is C10H13NO2S. The van der Waals surface area contributed by atoms with Gasteiger partial charge in [0, 0.05) is 5.69 Å². The predicted molar refractivity (Wildman–Crippen MR) is 56.7 cm³/mol. The van der Waals surface area contributed by atoms with Crippen molar-refractivity contribution < 1.29 is 8.42 Å². The van der Waals surface area contributed by atoms with E-state index in [1.165, 1.54) is 0 Å². The molecule has 1 aromatic carbocycles. The van der Waals surface area contributed by atoms with Gasteiger partial charge in [0.2, 0.25) is 10.0 Å². The molecule has 0 radical (unpaired) electrons. The van der Waals surface area contributed by atoms with Crippen LogP contribution in [-0.2, 0) is 10.0 Å². The van der Waals surface area contributed by atoms with Gasteiger partial charge in [-0.15, -0.1) is 0 Å². The lowest BCUT2D eigenvalue weighted by atomic mass is 10.2. The molecule has 1 fully saturated rings. The zero-order chi connectivity index (χ0) is 10.2. The lowest BCUT2D eigenvalue weighted by Gasteiger charge is -2.06. The van der Waals surface area contributed by atoms with Crippen molar-refractivity contribution >= 4 is 15.7 Å². The first-order valence-electron chi connectivity index (χ1n) is 4.66. The molecular weight excluding hydrogens is 198 g/mol. The fourth-order valence-electron chi connectivity index (χ4n) is 1.33. The molecule has 0 heterocycles. The Hall–Kier alpha value is -1.03. The molecule has 1 aromatic rings. The van der Waals surface area contributed by atoms with Gasteiger partial charge in [0.25, 0.3) is 0 Å². The highest BCUT2D eigenvalue weighted by atomic mass is 32.2. The molecule has 1 saturated carbocycles. The van der Waals surface area contributed by atoms with E-state index in [2.05, 4.69) is 4.72 Å². The fraction of sp³-hybridized carbons (Fsp3) is 0.400. The normalized spacial score (nSPS) is 16.6. The first kappa shape index (κ1) is 9.52. The number of benzene rings is 1. The Morgan fingerprint density at radius 3 is 2.64 bits per heavy atom. The maximum absolute atomic E-state index is 11.6. The lowest BCUT2D eigenvalue weighted by molar-refractivity contribution is 0.600. The van der Waals surface area contributed by atoms with Crippen molar-refractivity contribution in [3.05, 3.63) is 29.8 Å². The van der Waals surface area contributed by atoms with Gasteiger partial charge >= 0.3 is 0 Å². The number of hydrogen-bond acceptors (Lipinski definition) is 2. The summed E-state index contributed by atoms with van der Waals surface area (Å²) in [6.07, 6.45) is 1.59. The zero-order valence-electron chi connectivity index (χ0n) is 8.03. The van der Waals surface area contributed by atoms with Crippen molar-refractivity contribution in [2.45, 2.75) is 25.0 Å². The fourth-order valence-corrected chi connectivity index (χ4v) is 2.71. The summed E-state index contributed by atoms with van der Waals surface area (Å²) in [6.45, 7) is 1.94. The first-order chi connectivity index (χ1) is 6.58. The highest BCUT2D eigenvalue weighted by Crippen LogP contribution is 2.29. The minimum Gasteiger partial charge on any atom is -0.283 e. The minimum absolute atomic E-state index is 0.164. The van der Waals surface area contributed by atoms with E-state index in [9.17, 15) is 8.42 Å². The summed E-state index contributed by atoms with van der Waals surface area (Å²) in [4.78, 5) is 0. The molecule has 4 heteroatoms. The van der Waals surface area contributed by atoms with Crippen molar-refractivity contribution in [1.82, 2.24) is 0 Å². The number of aryl methyl sites for hydroxylation is 1. The third-order valence-electron chi connectivity index (χ3n) is 2.24. The summed E-state index contributed by atoms with van der Waals surface area (Å²) in [7, 11) is -3.11. The lowest BCUT2D eigenvalue weighted by Crippen LogP contribution is -2.17. The maximum atomic E-state index is 11.6. The quantitative estimate of drug-likeness (QED) is 0.830. The van der Waals surface area contributed by atoms with E-state index in [0.29, 0.717) is 5.69 Å². The molecule has 0 saturated heterocycles. The molecule has 0 aromatic heterocycles. The Balaban J connectivity index is 2.18. The van der Waals surface area contributed by atoms with Crippen LogP contribution >= 0.6 is 0 Å². The SMILES string of the molecule is Cc1cccc(NS(=O)(=O)C2CC2)c1. The summed E-state index contributed by atoms with van der Waals surface area (Å²) < 4.78 is 25.7. The van der Waals surface area contributed by atoms with Crippen LogP contribution in [0, 0.1) is 6.92 Å². The van der Waals surface area contributed by atoms with Gasteiger partial charge in [-0.1, -0.05) is 12.1 Å². The molecule has 0 amide bonds. The van der Waals surface area contributed by atoms with Crippen molar-refractivity contribution in [1.29, 1.82) is 0 Å². The van der Waals surface area contributed by atoms with Gasteiger partial charge in [-0.05, 0) is 37.5 Å². The van der Waals surface area contributed by atoms with E-state index < -0.39 is 10.0 Å². The molecule has 1 aliphatic carbocycles. The standard InChI is InChI=1S/C10H13NO2S/c1-8-3-2-4-9(7-8)11-14(12,13)10-5-6-10/h2-4,7,10-11H,5-6H2,1H3. The number of nitrogens with one attached hydrogen (secondary N) is 1. The van der Waals surface area contributed by atoms with E-state index in [-0.39, 0.29) is 5.25 Å². The Labute approximate surface area is 84.2 Å². The van der Waals surface area contributed by atoms with E-state index >= 15 is 0 Å². The number of sulfonamides is 1. The molecule has 0 unspecified atom stereocenters. The second kappa shape index (κ2) is 3.28. The van der Waals surface area contributed by atoms with Crippen LogP contribution in [0.5, 0.6) is 0 Å². The van der Waals surface area contributed by atoms with Crippen LogP contribution in [0.1, 0.15) is 18.4 Å². The molecule has 14 heavy (non-hydrogen) atoms. The highest BCUT2D eigenvalue weighted by molar-refractivity contribution is 7.93. The molecule has 2 rings (SSSR count). The van der Waals surface area contributed by atoms with Crippen LogP contribution in [0.2, 0.25) is 0 Å². The summed E-state index contributed by atoms with van der Waals surface area (Å²) in [6, 6.07) is 7.39. The third-order valence-corrected chi connectivity index (χ3v) is 4.11. The molecule has 0 spiro atoms. The Bertz CT molecular complexity index is 435. The van der Waals surface area contributed by atoms with Crippen LogP contribution in [0.3, 0.4) is 0 Å². The molecule has 1 N–H and O–H groups in total. The predicted octanol–water partition coefficient (Wildman–Crippen LogP) is 1.90. The van der Waals surface area contributed by atoms with Gasteiger partial charge in [0.15, 0.2) is 0 Å². The number of rotatable bonds is 3. The Morgan fingerprint density at radius 2 is 2.07 bits per heavy atom. The van der Waals surface area contributed by atoms with Crippen LogP contribution in [-0.4, -0.2) is 13.7 Å². The van der Waals surface area contributed by atoms with Gasteiger partial charge in [-0.3, -0.25) is 4.72 Å². The van der Waals surface area contributed by atoms with E-state index in [1.54, 1.807) is 6.07 Å². The van der Waals surface area contributed by atoms with E-state index in [4.69, 9.17) is 0 Å². The average Bonchev–Trinajstić information content (AvgIpc) is 2.84. The van der Waals surface area contributed by atoms with Crippen molar-refractivity contribution in [2.75, 3.05) is 4.72 Å². The zero-order valence-corrected chi connectivity index (χ0v) is 8.84. The van der Waals surface area contributed by atoms with Crippen LogP contribution < -0.4 is 4.72 Å². The van der Waals surface area contributed by atoms with Crippen molar-refractivity contribution in [2.24, 2.45) is 0 Å². The summed E-state index contributed by atoms with van der Waals surface area (Å²) >= 11 is 0. The minimum atomic E-state index is -3.11. The third kappa shape index (κ3) is 2.07. The molecule has 76 valence electrons. The van der Waals surface area contributed by atoms with Crippen molar-refractivity contribution in [3.63, 3.8) is 0 Å². The van der Waals surface area contributed by atoms with Gasteiger partial charge in [0.1, 0.15) is 0 Å². The topological polar surface area (TPSA) is 46.2 Å². The molecule has 0 bridgehead atoms. The largest absolute Gasteiger partial charge is 0.283 e. The molecule has 0 atom stereocenters. The Kier molecular flexibility index (Phi) is 2.23. The summed E-state index contributed by atoms with van der Waals surface area (Å²) in [5, 5.41) is -0.164. The van der Waals surface area contributed by atoms with Crippen LogP contribution in [0.25, 0.3) is 0 Å². The van der Waals surface area contributed by atoms with Crippen molar-refractivity contribution in [3.8, 4) is 0 Å². The second-order valence-corrected chi connectivity index (χ2v) is 5.68. The smallest absolute Gasteiger partial charge is 0.235 e. The van der Waals surface area contributed by atoms with Crippen LogP contribution in [0.15, 0.2) is 24.3 Å². The van der Waals surface area contributed by atoms with Gasteiger partial charge in [-0.25, -0.2) is 8.42 Å².